The molecule has 0 saturated carbocycles. The normalized spacial score (nSPS) is 11.7. The Hall–Kier alpha value is -1.45. The van der Waals surface area contributed by atoms with Crippen LogP contribution in [-0.4, -0.2) is 30.0 Å². The number of sulfonamides is 1. The Balaban J connectivity index is 1.95. The van der Waals surface area contributed by atoms with Gasteiger partial charge in [-0.1, -0.05) is 5.21 Å². The summed E-state index contributed by atoms with van der Waals surface area (Å²) in [4.78, 5) is 0.137. The number of nitrogens with one attached hydrogen (secondary N) is 1. The standard InChI is InChI=1S/C11H14BrN5O2S/c12-10-3-2-9(13)8-11(10)20(18,19)15-4-1-6-17-7-5-14-16-17/h2-3,5,7-8,15H,1,4,6,13H2. The Morgan fingerprint density at radius 1 is 1.40 bits per heavy atom. The Labute approximate surface area is 125 Å². The van der Waals surface area contributed by atoms with Crippen LogP contribution in [0.25, 0.3) is 0 Å². The first-order chi connectivity index (χ1) is 9.49. The Kier molecular flexibility index (Phi) is 4.73. The molecule has 0 radical (unpaired) electrons. The molecule has 0 aliphatic rings. The summed E-state index contributed by atoms with van der Waals surface area (Å²) in [5.41, 5.74) is 6.01. The van der Waals surface area contributed by atoms with Gasteiger partial charge in [0.05, 0.1) is 11.1 Å². The second kappa shape index (κ2) is 6.33. The van der Waals surface area contributed by atoms with Crippen LogP contribution in [-0.2, 0) is 16.6 Å². The van der Waals surface area contributed by atoms with Gasteiger partial charge in [-0.05, 0) is 40.5 Å². The molecule has 1 aromatic carbocycles. The summed E-state index contributed by atoms with van der Waals surface area (Å²) in [6.45, 7) is 0.907. The number of benzene rings is 1. The van der Waals surface area contributed by atoms with E-state index in [4.69, 9.17) is 5.73 Å². The summed E-state index contributed by atoms with van der Waals surface area (Å²) in [5, 5.41) is 7.47. The van der Waals surface area contributed by atoms with Crippen LogP contribution in [0.2, 0.25) is 0 Å². The molecule has 108 valence electrons. The Morgan fingerprint density at radius 3 is 2.90 bits per heavy atom. The van der Waals surface area contributed by atoms with Gasteiger partial charge in [-0.2, -0.15) is 0 Å². The van der Waals surface area contributed by atoms with Crippen LogP contribution in [0.5, 0.6) is 0 Å². The number of hydrogen-bond acceptors (Lipinski definition) is 5. The van der Waals surface area contributed by atoms with Crippen LogP contribution >= 0.6 is 15.9 Å². The summed E-state index contributed by atoms with van der Waals surface area (Å²) >= 11 is 3.21. The third kappa shape index (κ3) is 3.78. The van der Waals surface area contributed by atoms with Gasteiger partial charge in [-0.15, -0.1) is 5.10 Å². The minimum atomic E-state index is -3.58. The van der Waals surface area contributed by atoms with E-state index in [0.717, 1.165) is 0 Å². The molecule has 20 heavy (non-hydrogen) atoms. The molecule has 0 saturated heterocycles. The first-order valence-electron chi connectivity index (χ1n) is 5.88. The van der Waals surface area contributed by atoms with Crippen molar-refractivity contribution in [3.05, 3.63) is 35.1 Å². The number of hydrogen-bond donors (Lipinski definition) is 2. The molecule has 0 fully saturated rings. The van der Waals surface area contributed by atoms with Crippen molar-refractivity contribution in [1.82, 2.24) is 19.7 Å². The van der Waals surface area contributed by atoms with Crippen molar-refractivity contribution in [1.29, 1.82) is 0 Å². The molecule has 2 rings (SSSR count). The smallest absolute Gasteiger partial charge is 0.241 e. The van der Waals surface area contributed by atoms with Gasteiger partial charge < -0.3 is 5.73 Å². The maximum atomic E-state index is 12.1. The summed E-state index contributed by atoms with van der Waals surface area (Å²) in [5.74, 6) is 0. The fourth-order valence-corrected chi connectivity index (χ4v) is 3.67. The molecule has 0 aliphatic heterocycles. The van der Waals surface area contributed by atoms with Crippen molar-refractivity contribution in [2.24, 2.45) is 0 Å². The second-order valence-electron chi connectivity index (χ2n) is 4.11. The fourth-order valence-electron chi connectivity index (χ4n) is 1.60. The zero-order valence-corrected chi connectivity index (χ0v) is 12.9. The number of nitrogen functional groups attached to an aromatic ring is 1. The summed E-state index contributed by atoms with van der Waals surface area (Å²) in [7, 11) is -3.58. The van der Waals surface area contributed by atoms with Crippen molar-refractivity contribution in [2.75, 3.05) is 12.3 Å². The van der Waals surface area contributed by atoms with E-state index in [1.165, 1.54) is 6.07 Å². The van der Waals surface area contributed by atoms with Gasteiger partial charge in [-0.25, -0.2) is 13.1 Å². The lowest BCUT2D eigenvalue weighted by molar-refractivity contribution is 0.542. The van der Waals surface area contributed by atoms with E-state index in [1.54, 1.807) is 29.2 Å². The average Bonchev–Trinajstić information content (AvgIpc) is 2.90. The van der Waals surface area contributed by atoms with Gasteiger partial charge in [0.2, 0.25) is 10.0 Å². The van der Waals surface area contributed by atoms with Crippen LogP contribution in [0.4, 0.5) is 5.69 Å². The Morgan fingerprint density at radius 2 is 2.20 bits per heavy atom. The lowest BCUT2D eigenvalue weighted by Crippen LogP contribution is -2.26. The van der Waals surface area contributed by atoms with E-state index in [1.807, 2.05) is 0 Å². The quantitative estimate of drug-likeness (QED) is 0.591. The monoisotopic (exact) mass is 359 g/mol. The summed E-state index contributed by atoms with van der Waals surface area (Å²) in [6, 6.07) is 4.66. The van der Waals surface area contributed by atoms with Crippen molar-refractivity contribution >= 4 is 31.6 Å². The fraction of sp³-hybridized carbons (Fsp3) is 0.273. The number of aryl methyl sites for hydroxylation is 1. The highest BCUT2D eigenvalue weighted by atomic mass is 79.9. The third-order valence-electron chi connectivity index (χ3n) is 2.57. The Bertz CT molecular complexity index is 672. The number of rotatable bonds is 6. The van der Waals surface area contributed by atoms with Crippen LogP contribution in [0.3, 0.4) is 0 Å². The zero-order valence-electron chi connectivity index (χ0n) is 10.5. The number of aromatic nitrogens is 3. The topological polar surface area (TPSA) is 103 Å². The minimum Gasteiger partial charge on any atom is -0.399 e. The largest absolute Gasteiger partial charge is 0.399 e. The zero-order chi connectivity index (χ0) is 14.6. The molecule has 7 nitrogen and oxygen atoms in total. The van der Waals surface area contributed by atoms with Gasteiger partial charge in [0.1, 0.15) is 0 Å². The van der Waals surface area contributed by atoms with Crippen LogP contribution in [0, 0.1) is 0 Å². The van der Waals surface area contributed by atoms with E-state index in [9.17, 15) is 8.42 Å². The first-order valence-corrected chi connectivity index (χ1v) is 8.15. The molecule has 0 unspecified atom stereocenters. The molecule has 1 heterocycles. The maximum absolute atomic E-state index is 12.1. The molecule has 1 aromatic heterocycles. The SMILES string of the molecule is Nc1ccc(Br)c(S(=O)(=O)NCCCn2ccnn2)c1. The predicted molar refractivity (Wildman–Crippen MR) is 78.4 cm³/mol. The molecule has 0 aliphatic carbocycles. The predicted octanol–water partition coefficient (Wildman–Crippen LogP) is 0.991. The maximum Gasteiger partial charge on any atom is 0.241 e. The highest BCUT2D eigenvalue weighted by Crippen LogP contribution is 2.23. The molecule has 0 amide bonds. The second-order valence-corrected chi connectivity index (χ2v) is 6.70. The average molecular weight is 360 g/mol. The van der Waals surface area contributed by atoms with Crippen LogP contribution < -0.4 is 10.5 Å². The van der Waals surface area contributed by atoms with E-state index >= 15 is 0 Å². The van der Waals surface area contributed by atoms with Crippen molar-refractivity contribution in [3.63, 3.8) is 0 Å². The molecule has 0 atom stereocenters. The lowest BCUT2D eigenvalue weighted by Gasteiger charge is -2.09. The molecular formula is C11H14BrN5O2S. The van der Waals surface area contributed by atoms with Crippen molar-refractivity contribution < 1.29 is 8.42 Å². The van der Waals surface area contributed by atoms with Crippen molar-refractivity contribution in [2.45, 2.75) is 17.9 Å². The van der Waals surface area contributed by atoms with E-state index in [-0.39, 0.29) is 4.90 Å². The van der Waals surface area contributed by atoms with E-state index < -0.39 is 10.0 Å². The number of halogens is 1. The van der Waals surface area contributed by atoms with Gasteiger partial charge in [0.25, 0.3) is 0 Å². The summed E-state index contributed by atoms with van der Waals surface area (Å²) < 4.78 is 28.9. The molecule has 9 heteroatoms. The van der Waals surface area contributed by atoms with E-state index in [0.29, 0.717) is 29.7 Å². The van der Waals surface area contributed by atoms with Gasteiger partial charge in [0, 0.05) is 29.4 Å². The third-order valence-corrected chi connectivity index (χ3v) is 5.03. The minimum absolute atomic E-state index is 0.137. The molecular weight excluding hydrogens is 346 g/mol. The van der Waals surface area contributed by atoms with Gasteiger partial charge in [-0.3, -0.25) is 4.68 Å². The highest BCUT2D eigenvalue weighted by molar-refractivity contribution is 9.10. The molecule has 2 aromatic rings. The first kappa shape index (κ1) is 14.9. The summed E-state index contributed by atoms with van der Waals surface area (Å²) in [6.07, 6.45) is 3.92. The van der Waals surface area contributed by atoms with Crippen molar-refractivity contribution in [3.8, 4) is 0 Å². The van der Waals surface area contributed by atoms with Crippen LogP contribution in [0.15, 0.2) is 40.0 Å². The molecule has 3 N–H and O–H groups in total. The van der Waals surface area contributed by atoms with Gasteiger partial charge >= 0.3 is 0 Å². The van der Waals surface area contributed by atoms with E-state index in [2.05, 4.69) is 31.0 Å². The highest BCUT2D eigenvalue weighted by Gasteiger charge is 2.17. The number of nitrogens with two attached hydrogens (primary N) is 1. The lowest BCUT2D eigenvalue weighted by atomic mass is 10.3. The molecule has 0 spiro atoms. The van der Waals surface area contributed by atoms with Crippen LogP contribution in [0.1, 0.15) is 6.42 Å². The molecule has 0 bridgehead atoms. The van der Waals surface area contributed by atoms with Gasteiger partial charge in [0.15, 0.2) is 0 Å². The number of anilines is 1. The number of nitrogens with zero attached hydrogens (tertiary/aromatic N) is 3.